The summed E-state index contributed by atoms with van der Waals surface area (Å²) in [5.74, 6) is 0.0744. The molecule has 0 saturated heterocycles. The smallest absolute Gasteiger partial charge is 0.338 e. The van der Waals surface area contributed by atoms with Gasteiger partial charge in [0.2, 0.25) is 12.3 Å². The third-order valence-electron chi connectivity index (χ3n) is 2.13. The average molecular weight is 246 g/mol. The van der Waals surface area contributed by atoms with Gasteiger partial charge < -0.3 is 9.15 Å². The van der Waals surface area contributed by atoms with E-state index in [1.807, 2.05) is 20.8 Å². The third kappa shape index (κ3) is 2.94. The molecule has 0 unspecified atom stereocenters. The molecule has 0 aliphatic rings. The molecule has 0 spiro atoms. The Labute approximate surface area is 105 Å². The van der Waals surface area contributed by atoms with Gasteiger partial charge in [-0.15, -0.1) is 10.2 Å². The van der Waals surface area contributed by atoms with Gasteiger partial charge in [0.25, 0.3) is 0 Å². The minimum atomic E-state index is -0.498. The largest absolute Gasteiger partial charge is 0.456 e. The molecule has 5 heteroatoms. The normalized spacial score (nSPS) is 11.3. The zero-order valence-electron chi connectivity index (χ0n) is 10.5. The SMILES string of the molecule is CC(C)(C)OC(=O)c1ccc(-c2nnco2)cc1. The maximum absolute atomic E-state index is 11.8. The second kappa shape index (κ2) is 4.60. The lowest BCUT2D eigenvalue weighted by molar-refractivity contribution is 0.00696. The molecule has 2 aromatic rings. The average Bonchev–Trinajstić information content (AvgIpc) is 2.80. The molecule has 2 rings (SSSR count). The highest BCUT2D eigenvalue weighted by molar-refractivity contribution is 5.90. The summed E-state index contributed by atoms with van der Waals surface area (Å²) in [6.07, 6.45) is 1.26. The van der Waals surface area contributed by atoms with E-state index in [1.54, 1.807) is 24.3 Å². The van der Waals surface area contributed by atoms with E-state index in [9.17, 15) is 4.79 Å². The van der Waals surface area contributed by atoms with Crippen molar-refractivity contribution in [3.63, 3.8) is 0 Å². The Morgan fingerprint density at radius 3 is 2.39 bits per heavy atom. The van der Waals surface area contributed by atoms with Gasteiger partial charge in [-0.1, -0.05) is 0 Å². The molecule has 0 N–H and O–H groups in total. The Morgan fingerprint density at radius 1 is 1.22 bits per heavy atom. The van der Waals surface area contributed by atoms with Crippen LogP contribution in [0, 0.1) is 0 Å². The molecule has 0 saturated carbocycles. The number of hydrogen-bond acceptors (Lipinski definition) is 5. The minimum Gasteiger partial charge on any atom is -0.456 e. The second-order valence-electron chi connectivity index (χ2n) is 4.82. The molecule has 18 heavy (non-hydrogen) atoms. The summed E-state index contributed by atoms with van der Waals surface area (Å²) >= 11 is 0. The molecule has 1 aromatic carbocycles. The van der Waals surface area contributed by atoms with Gasteiger partial charge in [0.15, 0.2) is 0 Å². The minimum absolute atomic E-state index is 0.348. The molecule has 0 radical (unpaired) electrons. The van der Waals surface area contributed by atoms with E-state index in [0.29, 0.717) is 11.5 Å². The van der Waals surface area contributed by atoms with Crippen LogP contribution in [-0.2, 0) is 4.74 Å². The molecular weight excluding hydrogens is 232 g/mol. The predicted octanol–water partition coefficient (Wildman–Crippen LogP) is 2.69. The highest BCUT2D eigenvalue weighted by atomic mass is 16.6. The fraction of sp³-hybridized carbons (Fsp3) is 0.308. The summed E-state index contributed by atoms with van der Waals surface area (Å²) in [7, 11) is 0. The van der Waals surface area contributed by atoms with Gasteiger partial charge in [0.05, 0.1) is 5.56 Å². The van der Waals surface area contributed by atoms with Crippen molar-refractivity contribution in [2.24, 2.45) is 0 Å². The molecule has 0 fully saturated rings. The lowest BCUT2D eigenvalue weighted by Gasteiger charge is -2.19. The van der Waals surface area contributed by atoms with Gasteiger partial charge in [-0.3, -0.25) is 0 Å². The number of benzene rings is 1. The monoisotopic (exact) mass is 246 g/mol. The highest BCUT2D eigenvalue weighted by Gasteiger charge is 2.17. The van der Waals surface area contributed by atoms with Crippen LogP contribution in [0.25, 0.3) is 11.5 Å². The van der Waals surface area contributed by atoms with Crippen LogP contribution < -0.4 is 0 Å². The fourth-order valence-electron chi connectivity index (χ4n) is 1.38. The summed E-state index contributed by atoms with van der Waals surface area (Å²) in [5.41, 5.74) is 0.760. The van der Waals surface area contributed by atoms with Crippen molar-refractivity contribution in [1.82, 2.24) is 10.2 Å². The van der Waals surface area contributed by atoms with Crippen LogP contribution in [0.2, 0.25) is 0 Å². The van der Waals surface area contributed by atoms with Crippen LogP contribution in [0.1, 0.15) is 31.1 Å². The maximum Gasteiger partial charge on any atom is 0.338 e. The van der Waals surface area contributed by atoms with E-state index in [2.05, 4.69) is 10.2 Å². The van der Waals surface area contributed by atoms with Crippen molar-refractivity contribution in [3.05, 3.63) is 36.2 Å². The summed E-state index contributed by atoms with van der Waals surface area (Å²) < 4.78 is 10.3. The quantitative estimate of drug-likeness (QED) is 0.762. The number of carbonyl (C=O) groups excluding carboxylic acids is 1. The van der Waals surface area contributed by atoms with Gasteiger partial charge in [-0.25, -0.2) is 4.79 Å². The molecule has 0 bridgehead atoms. The number of aromatic nitrogens is 2. The van der Waals surface area contributed by atoms with E-state index in [0.717, 1.165) is 5.56 Å². The van der Waals surface area contributed by atoms with E-state index < -0.39 is 5.60 Å². The Balaban J connectivity index is 2.15. The number of esters is 1. The first-order valence-corrected chi connectivity index (χ1v) is 5.56. The summed E-state index contributed by atoms with van der Waals surface area (Å²) in [6.45, 7) is 5.49. The van der Waals surface area contributed by atoms with Crippen LogP contribution >= 0.6 is 0 Å². The molecule has 1 aromatic heterocycles. The first-order valence-electron chi connectivity index (χ1n) is 5.56. The molecule has 0 aliphatic heterocycles. The zero-order chi connectivity index (χ0) is 13.2. The number of carbonyl (C=O) groups is 1. The molecule has 0 aliphatic carbocycles. The van der Waals surface area contributed by atoms with Crippen LogP contribution in [-0.4, -0.2) is 21.8 Å². The number of nitrogens with zero attached hydrogens (tertiary/aromatic N) is 2. The number of hydrogen-bond donors (Lipinski definition) is 0. The predicted molar refractivity (Wildman–Crippen MR) is 64.9 cm³/mol. The molecule has 0 atom stereocenters. The fourth-order valence-corrected chi connectivity index (χ4v) is 1.38. The van der Waals surface area contributed by atoms with Gasteiger partial charge in [-0.05, 0) is 45.0 Å². The van der Waals surface area contributed by atoms with Crippen LogP contribution in [0.5, 0.6) is 0 Å². The summed E-state index contributed by atoms with van der Waals surface area (Å²) in [4.78, 5) is 11.8. The maximum atomic E-state index is 11.8. The molecule has 94 valence electrons. The Hall–Kier alpha value is -2.17. The van der Waals surface area contributed by atoms with Gasteiger partial charge in [-0.2, -0.15) is 0 Å². The first kappa shape index (κ1) is 12.3. The Morgan fingerprint density at radius 2 is 1.89 bits per heavy atom. The van der Waals surface area contributed by atoms with Crippen molar-refractivity contribution in [3.8, 4) is 11.5 Å². The van der Waals surface area contributed by atoms with E-state index in [-0.39, 0.29) is 5.97 Å². The van der Waals surface area contributed by atoms with Crippen LogP contribution in [0.4, 0.5) is 0 Å². The van der Waals surface area contributed by atoms with Crippen molar-refractivity contribution in [2.45, 2.75) is 26.4 Å². The molecule has 5 nitrogen and oxygen atoms in total. The third-order valence-corrected chi connectivity index (χ3v) is 2.13. The highest BCUT2D eigenvalue weighted by Crippen LogP contribution is 2.18. The van der Waals surface area contributed by atoms with E-state index in [4.69, 9.17) is 9.15 Å². The lowest BCUT2D eigenvalue weighted by Crippen LogP contribution is -2.23. The Bertz CT molecular complexity index is 524. The Kier molecular flexibility index (Phi) is 3.14. The number of ether oxygens (including phenoxy) is 1. The zero-order valence-corrected chi connectivity index (χ0v) is 10.5. The van der Waals surface area contributed by atoms with Gasteiger partial charge >= 0.3 is 5.97 Å². The number of rotatable bonds is 2. The van der Waals surface area contributed by atoms with Crippen molar-refractivity contribution in [1.29, 1.82) is 0 Å². The van der Waals surface area contributed by atoms with Gasteiger partial charge in [0, 0.05) is 5.56 Å². The summed E-state index contributed by atoms with van der Waals surface area (Å²) in [6, 6.07) is 6.83. The van der Waals surface area contributed by atoms with Crippen molar-refractivity contribution in [2.75, 3.05) is 0 Å². The molecule has 0 amide bonds. The van der Waals surface area contributed by atoms with E-state index in [1.165, 1.54) is 6.39 Å². The van der Waals surface area contributed by atoms with Gasteiger partial charge in [0.1, 0.15) is 5.60 Å². The first-order chi connectivity index (χ1) is 8.46. The van der Waals surface area contributed by atoms with E-state index >= 15 is 0 Å². The standard InChI is InChI=1S/C13H14N2O3/c1-13(2,3)18-12(16)10-6-4-9(5-7-10)11-15-14-8-17-11/h4-8H,1-3H3. The summed E-state index contributed by atoms with van der Waals surface area (Å²) in [5, 5.41) is 7.38. The van der Waals surface area contributed by atoms with Crippen LogP contribution in [0.15, 0.2) is 35.1 Å². The molecule has 1 heterocycles. The molecular formula is C13H14N2O3. The van der Waals surface area contributed by atoms with Crippen molar-refractivity contribution >= 4 is 5.97 Å². The van der Waals surface area contributed by atoms with Crippen LogP contribution in [0.3, 0.4) is 0 Å². The topological polar surface area (TPSA) is 65.2 Å². The lowest BCUT2D eigenvalue weighted by atomic mass is 10.1. The van der Waals surface area contributed by atoms with Crippen molar-refractivity contribution < 1.29 is 13.9 Å². The second-order valence-corrected chi connectivity index (χ2v) is 4.82.